The fourth-order valence-electron chi connectivity index (χ4n) is 21.0. The third-order valence-corrected chi connectivity index (χ3v) is 28.5. The molecule has 5 aromatic heterocycles. The molecule has 130 heavy (non-hydrogen) atoms. The van der Waals surface area contributed by atoms with Crippen molar-refractivity contribution in [1.82, 2.24) is 13.7 Å². The molecule has 0 bridgehead atoms. The topological polar surface area (TPSA) is 47.6 Å². The van der Waals surface area contributed by atoms with Crippen LogP contribution in [0.1, 0.15) is 218 Å². The summed E-state index contributed by atoms with van der Waals surface area (Å²) in [6.07, 6.45) is 0. The maximum atomic E-state index is 9.82. The Kier molecular flexibility index (Phi) is 16.7. The Morgan fingerprint density at radius 3 is 0.854 bits per heavy atom. The Bertz CT molecular complexity index is 8260. The zero-order valence-electron chi connectivity index (χ0n) is 84.8. The standard InChI is InChI=1S/C122H118BN5O2/c1-115(2,3)75-43-52-96-88(64-75)89-65-76(116(4,5)6)44-53-97(89)124(96)83-49-51-95-107(70-83)128(105-41-31-37-87-85-35-29-39-103(112(85)130-114(87)105)126-100-56-47-79(119(13,14)15)68-92(100)93-69-80(120(16,17)18)48-57-101(93)126)109-62-74(73-58-81(121(19,20)21)63-82(59-73)122(22,23)24)61-108-110(109)123(95)94-50-42-72(71-32-26-25-27-33-71)60-106(94)127(108)104-40-30-36-86-84-34-28-38-102(111(84)129-113(86)104)125-98-54-45-77(117(7,8)9)66-90(98)91-67-78(118(10,11)12)46-55-99(91)125/h25-70H,1-24H3/i25D,26D,27D,32D,33D. The predicted molar refractivity (Wildman–Crippen MR) is 559 cm³/mol. The number of benzene rings is 15. The lowest BCUT2D eigenvalue weighted by Gasteiger charge is -2.44. The molecule has 0 N–H and O–H groups in total. The lowest BCUT2D eigenvalue weighted by atomic mass is 9.33. The molecular weight excluding hydrogens is 1580 g/mol. The molecule has 2 aliphatic heterocycles. The fraction of sp³-hybridized carbons (Fsp3) is 0.262. The van der Waals surface area contributed by atoms with Gasteiger partial charge in [-0.05, 0) is 254 Å². The smallest absolute Gasteiger partial charge is 0.252 e. The van der Waals surface area contributed by atoms with Crippen LogP contribution in [0.5, 0.6) is 0 Å². The van der Waals surface area contributed by atoms with Crippen LogP contribution in [-0.4, -0.2) is 20.4 Å². The Hall–Kier alpha value is -13.0. The van der Waals surface area contributed by atoms with Gasteiger partial charge in [0.25, 0.3) is 6.71 Å². The van der Waals surface area contributed by atoms with Gasteiger partial charge in [-0.1, -0.05) is 318 Å². The monoisotopic (exact) mass is 1700 g/mol. The number of fused-ring (bicyclic) bond motifs is 19. The molecular formula is C122H118BN5O2. The van der Waals surface area contributed by atoms with Gasteiger partial charge in [-0.3, -0.25) is 0 Å². The molecule has 0 saturated heterocycles. The second-order valence-electron chi connectivity index (χ2n) is 45.6. The summed E-state index contributed by atoms with van der Waals surface area (Å²) in [5.74, 6) is 0. The van der Waals surface area contributed by atoms with E-state index in [1.807, 2.05) is 6.07 Å². The van der Waals surface area contributed by atoms with Gasteiger partial charge in [0.2, 0.25) is 0 Å². The fourth-order valence-corrected chi connectivity index (χ4v) is 21.0. The largest absolute Gasteiger partial charge is 0.452 e. The van der Waals surface area contributed by atoms with Gasteiger partial charge in [-0.15, -0.1) is 0 Å². The molecule has 0 unspecified atom stereocenters. The highest BCUT2D eigenvalue weighted by Gasteiger charge is 2.46. The molecule has 0 saturated carbocycles. The van der Waals surface area contributed by atoms with Gasteiger partial charge in [0, 0.05) is 82.3 Å². The number of nitrogens with zero attached hydrogens (tertiary/aromatic N) is 5. The van der Waals surface area contributed by atoms with E-state index < -0.39 is 24.8 Å². The van der Waals surface area contributed by atoms with Crippen molar-refractivity contribution in [2.75, 3.05) is 9.80 Å². The number of hydrogen-bond acceptors (Lipinski definition) is 4. The SMILES string of the molecule is [2H]c1c([2H])c([2H])c(-c2ccc3c(c2)N(c2cccc4c2oc2c(-n5c6ccc(C(C)(C)C)cc6c6cc(C(C)(C)C)ccc65)cccc24)c2cc(-c4cc(C(C)(C)C)cc(C(C)(C)C)c4)cc4c2B3c2ccc(-n3c5ccc(C(C)(C)C)cc5c5cc(C(C)(C)C)ccc53)cc2N4c2cccc3c2oc2c(-n4c5ccc(C(C)(C)C)cc5c5cc(C(C)(C)C)ccc54)cccc23)c([2H])c1[2H]. The van der Waals surface area contributed by atoms with Crippen LogP contribution in [-0.2, 0) is 43.3 Å². The molecule has 20 aromatic rings. The number of hydrogen-bond donors (Lipinski definition) is 0. The van der Waals surface area contributed by atoms with E-state index in [2.05, 4.69) is 432 Å². The van der Waals surface area contributed by atoms with Crippen molar-refractivity contribution in [2.45, 2.75) is 209 Å². The zero-order valence-corrected chi connectivity index (χ0v) is 79.8. The lowest BCUT2D eigenvalue weighted by molar-refractivity contribution is 0.569. The normalized spacial score (nSPS) is 14.3. The zero-order chi connectivity index (χ0) is 95.2. The average molecular weight is 1700 g/mol. The van der Waals surface area contributed by atoms with Crippen LogP contribution in [0.25, 0.3) is 149 Å². The molecule has 0 spiro atoms. The molecule has 0 amide bonds. The molecule has 2 aliphatic rings. The summed E-state index contributed by atoms with van der Waals surface area (Å²) in [4.78, 5) is 4.92. The summed E-state index contributed by atoms with van der Waals surface area (Å²) in [5.41, 5.74) is 31.6. The number of rotatable bonds is 7. The van der Waals surface area contributed by atoms with Crippen molar-refractivity contribution in [2.24, 2.45) is 0 Å². The van der Waals surface area contributed by atoms with Gasteiger partial charge in [0.15, 0.2) is 22.3 Å². The van der Waals surface area contributed by atoms with Crippen LogP contribution < -0.4 is 26.2 Å². The van der Waals surface area contributed by atoms with E-state index >= 15 is 0 Å². The molecule has 0 radical (unpaired) electrons. The van der Waals surface area contributed by atoms with Crippen molar-refractivity contribution in [3.05, 3.63) is 323 Å². The Morgan fingerprint density at radius 1 is 0.223 bits per heavy atom. The summed E-state index contributed by atoms with van der Waals surface area (Å²) >= 11 is 0. The molecule has 0 fully saturated rings. The molecule has 646 valence electrons. The summed E-state index contributed by atoms with van der Waals surface area (Å²) < 4.78 is 70.6. The van der Waals surface area contributed by atoms with Crippen LogP contribution in [0.15, 0.2) is 288 Å². The minimum atomic E-state index is -0.513. The van der Waals surface area contributed by atoms with E-state index in [1.54, 1.807) is 0 Å². The maximum absolute atomic E-state index is 9.82. The van der Waals surface area contributed by atoms with Gasteiger partial charge < -0.3 is 32.3 Å². The summed E-state index contributed by atoms with van der Waals surface area (Å²) in [7, 11) is 0. The van der Waals surface area contributed by atoms with E-state index in [1.165, 1.54) is 76.8 Å². The van der Waals surface area contributed by atoms with Gasteiger partial charge in [-0.2, -0.15) is 0 Å². The molecule has 7 heterocycles. The van der Waals surface area contributed by atoms with E-state index in [0.717, 1.165) is 150 Å². The van der Waals surface area contributed by atoms with Crippen molar-refractivity contribution >= 4 is 167 Å². The molecule has 22 rings (SSSR count). The average Bonchev–Trinajstić information content (AvgIpc) is 1.39. The van der Waals surface area contributed by atoms with Crippen LogP contribution in [0.2, 0.25) is 0 Å². The second kappa shape index (κ2) is 28.2. The highest BCUT2D eigenvalue weighted by Crippen LogP contribution is 2.55. The van der Waals surface area contributed by atoms with Crippen molar-refractivity contribution in [3.8, 4) is 39.3 Å². The number of aromatic nitrogens is 3. The van der Waals surface area contributed by atoms with E-state index in [9.17, 15) is 5.48 Å². The first kappa shape index (κ1) is 77.0. The third-order valence-electron chi connectivity index (χ3n) is 28.5. The van der Waals surface area contributed by atoms with Crippen LogP contribution in [0.3, 0.4) is 0 Å². The maximum Gasteiger partial charge on any atom is 0.252 e. The van der Waals surface area contributed by atoms with Gasteiger partial charge in [0.05, 0.1) is 62.7 Å². The quantitative estimate of drug-likeness (QED) is 0.149. The summed E-state index contributed by atoms with van der Waals surface area (Å²) in [5, 5.41) is 10.9. The van der Waals surface area contributed by atoms with E-state index in [0.29, 0.717) is 11.1 Å². The summed E-state index contributed by atoms with van der Waals surface area (Å²) in [6, 6.07) is 92.3. The van der Waals surface area contributed by atoms with Crippen LogP contribution in [0, 0.1) is 0 Å². The van der Waals surface area contributed by atoms with Crippen molar-refractivity contribution in [1.29, 1.82) is 0 Å². The highest BCUT2D eigenvalue weighted by atomic mass is 16.3. The van der Waals surface area contributed by atoms with E-state index in [-0.39, 0.29) is 61.0 Å². The lowest BCUT2D eigenvalue weighted by Crippen LogP contribution is -2.61. The third kappa shape index (κ3) is 13.0. The first-order valence-electron chi connectivity index (χ1n) is 49.1. The Balaban J connectivity index is 0.879. The Labute approximate surface area is 773 Å². The van der Waals surface area contributed by atoms with Crippen molar-refractivity contribution < 1.29 is 15.7 Å². The predicted octanol–water partition coefficient (Wildman–Crippen LogP) is 32.6. The molecule has 15 aromatic carbocycles. The second-order valence-corrected chi connectivity index (χ2v) is 45.6. The first-order chi connectivity index (χ1) is 63.6. The number of para-hydroxylation sites is 4. The van der Waals surface area contributed by atoms with E-state index in [4.69, 9.17) is 10.2 Å². The number of anilines is 6. The molecule has 7 nitrogen and oxygen atoms in total. The highest BCUT2D eigenvalue weighted by molar-refractivity contribution is 7.00. The summed E-state index contributed by atoms with van der Waals surface area (Å²) in [6.45, 7) is 54.7. The minimum absolute atomic E-state index is 0.103. The van der Waals surface area contributed by atoms with Crippen molar-refractivity contribution in [3.63, 3.8) is 0 Å². The molecule has 0 atom stereocenters. The van der Waals surface area contributed by atoms with Crippen LogP contribution >= 0.6 is 0 Å². The number of furan rings is 2. The molecule has 8 heteroatoms. The minimum Gasteiger partial charge on any atom is -0.452 e. The van der Waals surface area contributed by atoms with Crippen LogP contribution in [0.4, 0.5) is 34.1 Å². The van der Waals surface area contributed by atoms with Gasteiger partial charge in [0.1, 0.15) is 0 Å². The van der Waals surface area contributed by atoms with Gasteiger partial charge >= 0.3 is 0 Å². The van der Waals surface area contributed by atoms with Gasteiger partial charge in [-0.25, -0.2) is 0 Å². The molecule has 0 aliphatic carbocycles. The first-order valence-corrected chi connectivity index (χ1v) is 46.6. The Morgan fingerprint density at radius 2 is 0.515 bits per heavy atom.